The van der Waals surface area contributed by atoms with Crippen LogP contribution in [0.15, 0.2) is 148 Å². The topological polar surface area (TPSA) is 34.5 Å². The quantitative estimate of drug-likeness (QED) is 0.122. The minimum Gasteiger partial charge on any atom is -0.455 e. The lowest BCUT2D eigenvalue weighted by atomic mass is 9.44. The predicted octanol–water partition coefficient (Wildman–Crippen LogP) is 15.5. The van der Waals surface area contributed by atoms with Crippen LogP contribution in [0.3, 0.4) is 0 Å². The fourth-order valence-corrected chi connectivity index (χ4v) is 11.9. The summed E-state index contributed by atoms with van der Waals surface area (Å²) in [5, 5.41) is 12.0. The number of aryl methyl sites for hydroxylation is 2. The summed E-state index contributed by atoms with van der Waals surface area (Å²) < 4.78 is 16.8. The van der Waals surface area contributed by atoms with Crippen LogP contribution in [0.4, 0.5) is 17.1 Å². The van der Waals surface area contributed by atoms with Gasteiger partial charge in [-0.25, -0.2) is 0 Å². The summed E-state index contributed by atoms with van der Waals surface area (Å²) >= 11 is 0. The van der Waals surface area contributed by atoms with E-state index in [0.717, 1.165) is 54.8 Å². The summed E-state index contributed by atoms with van der Waals surface area (Å²) in [7, 11) is 0. The Hall–Kier alpha value is -7.24. The molecule has 0 aliphatic carbocycles. The summed E-state index contributed by atoms with van der Waals surface area (Å²) in [6.07, 6.45) is 0. The van der Waals surface area contributed by atoms with Crippen molar-refractivity contribution >= 4 is 122 Å². The number of nitrogens with zero attached hydrogens (tertiary/aromatic N) is 2. The van der Waals surface area contributed by atoms with E-state index in [1.54, 1.807) is 0 Å². The van der Waals surface area contributed by atoms with Gasteiger partial charge in [-0.1, -0.05) is 133 Å². The monoisotopic (exact) mass is 838 g/mol. The van der Waals surface area contributed by atoms with Gasteiger partial charge in [-0.2, -0.15) is 0 Å². The first-order valence-corrected chi connectivity index (χ1v) is 23.1. The molecule has 0 saturated carbocycles. The van der Waals surface area contributed by atoms with Gasteiger partial charge < -0.3 is 18.2 Å². The van der Waals surface area contributed by atoms with Gasteiger partial charge in [-0.3, -0.25) is 0 Å². The number of para-hydroxylation sites is 3. The second-order valence-electron chi connectivity index (χ2n) is 20.9. The lowest BCUT2D eigenvalue weighted by molar-refractivity contribution is 0.569. The summed E-state index contributed by atoms with van der Waals surface area (Å²) in [5.74, 6) is 0. The second kappa shape index (κ2) is 12.3. The molecule has 0 atom stereocenters. The van der Waals surface area contributed by atoms with Crippen LogP contribution in [0, 0.1) is 13.8 Å². The fraction of sp³-hybridized carbons (Fsp3) is 0.167. The van der Waals surface area contributed by atoms with E-state index >= 15 is 0 Å². The van der Waals surface area contributed by atoms with Crippen LogP contribution in [0.25, 0.3) is 98.4 Å². The Morgan fingerprint density at radius 2 is 1.00 bits per heavy atom. The van der Waals surface area contributed by atoms with Crippen LogP contribution in [0.1, 0.15) is 63.8 Å². The number of anilines is 3. The van der Waals surface area contributed by atoms with E-state index in [1.807, 2.05) is 0 Å². The molecule has 4 nitrogen and oxygen atoms in total. The molecule has 0 saturated heterocycles. The highest BCUT2D eigenvalue weighted by Crippen LogP contribution is 2.53. The summed E-state index contributed by atoms with van der Waals surface area (Å²) in [6, 6.07) is 52.3. The first-order chi connectivity index (χ1) is 31.3. The minimum absolute atomic E-state index is 0.0787. The second-order valence-corrected chi connectivity index (χ2v) is 20.9. The van der Waals surface area contributed by atoms with Crippen molar-refractivity contribution in [3.63, 3.8) is 0 Å². The molecule has 65 heavy (non-hydrogen) atoms. The number of fused-ring (bicyclic) bond motifs is 17. The van der Waals surface area contributed by atoms with E-state index in [1.165, 1.54) is 93.8 Å². The fourth-order valence-electron chi connectivity index (χ4n) is 11.9. The number of benzene rings is 9. The van der Waals surface area contributed by atoms with Gasteiger partial charge in [0, 0.05) is 66.2 Å². The zero-order valence-corrected chi connectivity index (χ0v) is 38.1. The largest absolute Gasteiger partial charge is 0.455 e. The highest BCUT2D eigenvalue weighted by Gasteiger charge is 2.45. The van der Waals surface area contributed by atoms with Crippen LogP contribution >= 0.6 is 0 Å². The molecule has 5 heterocycles. The zero-order chi connectivity index (χ0) is 44.0. The first kappa shape index (κ1) is 37.2. The summed E-state index contributed by atoms with van der Waals surface area (Å²) in [6.45, 7) is 18.5. The average Bonchev–Trinajstić information content (AvgIpc) is 3.98. The molecule has 0 amide bonds. The van der Waals surface area contributed by atoms with Crippen molar-refractivity contribution in [3.05, 3.63) is 162 Å². The Kier molecular flexibility index (Phi) is 7.04. The van der Waals surface area contributed by atoms with E-state index in [2.05, 4.69) is 204 Å². The Morgan fingerprint density at radius 3 is 1.63 bits per heavy atom. The molecule has 9 aromatic carbocycles. The Bertz CT molecular complexity index is 4100. The molecular weight excluding hydrogens is 791 g/mol. The van der Waals surface area contributed by atoms with E-state index in [-0.39, 0.29) is 17.7 Å². The molecule has 0 bridgehead atoms. The first-order valence-electron chi connectivity index (χ1n) is 23.1. The summed E-state index contributed by atoms with van der Waals surface area (Å²) in [5.41, 5.74) is 19.6. The minimum atomic E-state index is -0.177. The molecule has 0 fully saturated rings. The van der Waals surface area contributed by atoms with Gasteiger partial charge >= 0.3 is 6.85 Å². The van der Waals surface area contributed by atoms with Gasteiger partial charge in [-0.05, 0) is 128 Å². The van der Waals surface area contributed by atoms with Crippen LogP contribution in [0.5, 0.6) is 0 Å². The number of aromatic nitrogens is 1. The van der Waals surface area contributed by atoms with Gasteiger partial charge in [0.2, 0.25) is 0 Å². The van der Waals surface area contributed by atoms with E-state index in [9.17, 15) is 0 Å². The van der Waals surface area contributed by atoms with Gasteiger partial charge in [0.05, 0.1) is 5.39 Å². The maximum absolute atomic E-state index is 7.18. The predicted molar refractivity (Wildman–Crippen MR) is 276 cm³/mol. The number of hydrogen-bond donors (Lipinski definition) is 0. The van der Waals surface area contributed by atoms with Gasteiger partial charge in [0.15, 0.2) is 0 Å². The smallest absolute Gasteiger partial charge is 0.333 e. The molecule has 0 unspecified atom stereocenters. The lowest BCUT2D eigenvalue weighted by Crippen LogP contribution is -2.56. The molecule has 3 aromatic heterocycles. The third-order valence-corrected chi connectivity index (χ3v) is 15.2. The molecule has 0 spiro atoms. The average molecular weight is 839 g/mol. The van der Waals surface area contributed by atoms with Gasteiger partial charge in [0.1, 0.15) is 22.3 Å². The maximum Gasteiger partial charge on any atom is 0.333 e. The molecule has 0 N–H and O–H groups in total. The van der Waals surface area contributed by atoms with E-state index in [0.29, 0.717) is 0 Å². The SMILES string of the molecule is Cc1c2ccccc2c(C)c2cc3c(cc12)B1c2c(cc4c(oc5ccccc54)c2-c2cc4c5ccccc5oc4c4c5ccccc5n1c24)N3c1cc(C(C)(C)C)cc(C(C)(C)C)c1. The van der Waals surface area contributed by atoms with Crippen molar-refractivity contribution in [2.24, 2.45) is 0 Å². The standard InChI is InChI=1S/C60H47BN2O2/c1-32-37-17-9-10-18-38(37)33(2)43-30-49-47(29-42(32)43)61-55-50(62(49)36-26-34(59(3,4)5)25-35(27-36)60(6,7)8)31-45-40-20-13-16-24-52(40)64-57(45)53(55)46-28-44-39-19-12-15-23-51(39)65-58(44)54-41-21-11-14-22-48(41)63(61)56(46)54/h9-31H,1-8H3. The van der Waals surface area contributed by atoms with E-state index < -0.39 is 0 Å². The Morgan fingerprint density at radius 1 is 0.477 bits per heavy atom. The third-order valence-electron chi connectivity index (χ3n) is 15.2. The highest BCUT2D eigenvalue weighted by atomic mass is 16.3. The number of hydrogen-bond acceptors (Lipinski definition) is 3. The normalized spacial score (nSPS) is 13.8. The third kappa shape index (κ3) is 4.78. The molecular formula is C60H47BN2O2. The van der Waals surface area contributed by atoms with Crippen molar-refractivity contribution in [2.75, 3.05) is 4.90 Å². The van der Waals surface area contributed by atoms with Crippen LogP contribution < -0.4 is 15.8 Å². The van der Waals surface area contributed by atoms with Crippen molar-refractivity contribution in [2.45, 2.75) is 66.2 Å². The van der Waals surface area contributed by atoms with Crippen LogP contribution in [-0.4, -0.2) is 11.3 Å². The molecule has 12 aromatic rings. The summed E-state index contributed by atoms with van der Waals surface area (Å²) in [4.78, 5) is 2.62. The number of rotatable bonds is 1. The molecule has 0 radical (unpaired) electrons. The Labute approximate surface area is 377 Å². The molecule has 2 aliphatic heterocycles. The van der Waals surface area contributed by atoms with Crippen LogP contribution in [0.2, 0.25) is 0 Å². The maximum atomic E-state index is 7.18. The Balaban J connectivity index is 1.24. The highest BCUT2D eigenvalue weighted by molar-refractivity contribution is 6.90. The molecule has 5 heteroatoms. The molecule has 312 valence electrons. The lowest BCUT2D eigenvalue weighted by Gasteiger charge is -2.41. The van der Waals surface area contributed by atoms with Crippen molar-refractivity contribution in [3.8, 4) is 11.1 Å². The van der Waals surface area contributed by atoms with E-state index in [4.69, 9.17) is 8.83 Å². The number of furan rings is 2. The van der Waals surface area contributed by atoms with Crippen molar-refractivity contribution in [1.29, 1.82) is 0 Å². The van der Waals surface area contributed by atoms with Crippen molar-refractivity contribution in [1.82, 2.24) is 4.48 Å². The molecule has 2 aliphatic rings. The van der Waals surface area contributed by atoms with Crippen LogP contribution in [-0.2, 0) is 10.8 Å². The van der Waals surface area contributed by atoms with Gasteiger partial charge in [0.25, 0.3) is 0 Å². The molecule has 14 rings (SSSR count). The van der Waals surface area contributed by atoms with Crippen molar-refractivity contribution < 1.29 is 8.83 Å². The zero-order valence-electron chi connectivity index (χ0n) is 38.1. The van der Waals surface area contributed by atoms with Gasteiger partial charge in [-0.15, -0.1) is 0 Å².